The minimum absolute atomic E-state index is 0.0198. The largest absolute Gasteiger partial charge is 0.362 e. The Morgan fingerprint density at radius 3 is 2.28 bits per heavy atom. The topological polar surface area (TPSA) is 70.2 Å². The van der Waals surface area contributed by atoms with Crippen LogP contribution in [0, 0.1) is 0 Å². The van der Waals surface area contributed by atoms with E-state index in [0.717, 1.165) is 60.0 Å². The molecular formula is C30H33N5O. The lowest BCUT2D eigenvalue weighted by atomic mass is 9.90. The number of carbonyl (C=O) groups excluding carboxylic acids is 1. The van der Waals surface area contributed by atoms with Gasteiger partial charge in [-0.2, -0.15) is 4.98 Å². The number of benzene rings is 3. The van der Waals surface area contributed by atoms with Crippen LogP contribution < -0.4 is 15.5 Å². The monoisotopic (exact) mass is 479 g/mol. The highest BCUT2D eigenvalue weighted by Gasteiger charge is 2.24. The van der Waals surface area contributed by atoms with Crippen molar-refractivity contribution in [3.8, 4) is 0 Å². The molecular weight excluding hydrogens is 446 g/mol. The van der Waals surface area contributed by atoms with Crippen LogP contribution in [-0.4, -0.2) is 42.1 Å². The highest BCUT2D eigenvalue weighted by atomic mass is 16.1. The molecule has 0 spiro atoms. The van der Waals surface area contributed by atoms with Crippen molar-refractivity contribution in [1.82, 2.24) is 15.3 Å². The fraction of sp³-hybridized carbons (Fsp3) is 0.300. The third-order valence-electron chi connectivity index (χ3n) is 6.90. The number of aromatic nitrogens is 2. The molecule has 3 aromatic carbocycles. The Labute approximate surface area is 212 Å². The van der Waals surface area contributed by atoms with Gasteiger partial charge < -0.3 is 15.5 Å². The van der Waals surface area contributed by atoms with Crippen molar-refractivity contribution in [1.29, 1.82) is 0 Å². The van der Waals surface area contributed by atoms with Gasteiger partial charge in [0.15, 0.2) is 0 Å². The summed E-state index contributed by atoms with van der Waals surface area (Å²) in [5.74, 6) is 1.60. The normalized spacial score (nSPS) is 17.5. The number of fused-ring (bicyclic) bond motifs is 1. The van der Waals surface area contributed by atoms with Gasteiger partial charge in [0.1, 0.15) is 5.82 Å². The van der Waals surface area contributed by atoms with Crippen molar-refractivity contribution in [3.05, 3.63) is 95.6 Å². The summed E-state index contributed by atoms with van der Waals surface area (Å²) in [5, 5.41) is 7.89. The molecule has 1 aliphatic carbocycles. The minimum atomic E-state index is 0.0198. The minimum Gasteiger partial charge on any atom is -0.362 e. The highest BCUT2D eigenvalue weighted by molar-refractivity contribution is 5.96. The SMILES string of the molecule is CN(C)c1nc(N[C@H]2CC[C@@H](NC(=O)c3ccccc3Cc3ccccc3)CC2)nc2ccccc12. The van der Waals surface area contributed by atoms with E-state index in [0.29, 0.717) is 12.0 Å². The van der Waals surface area contributed by atoms with Gasteiger partial charge in [-0.25, -0.2) is 4.98 Å². The first-order chi connectivity index (χ1) is 17.6. The molecule has 1 saturated carbocycles. The number of carbonyl (C=O) groups is 1. The molecule has 1 aromatic heterocycles. The highest BCUT2D eigenvalue weighted by Crippen LogP contribution is 2.26. The number of amides is 1. The van der Waals surface area contributed by atoms with E-state index >= 15 is 0 Å². The Kier molecular flexibility index (Phi) is 7.12. The van der Waals surface area contributed by atoms with Crippen LogP contribution in [0.5, 0.6) is 0 Å². The van der Waals surface area contributed by atoms with Crippen LogP contribution in [0.1, 0.15) is 47.2 Å². The summed E-state index contributed by atoms with van der Waals surface area (Å²) in [4.78, 5) is 24.7. The second-order valence-electron chi connectivity index (χ2n) is 9.77. The van der Waals surface area contributed by atoms with E-state index in [1.807, 2.05) is 79.7 Å². The van der Waals surface area contributed by atoms with Crippen molar-refractivity contribution in [2.75, 3.05) is 24.3 Å². The number of nitrogens with zero attached hydrogens (tertiary/aromatic N) is 3. The average Bonchev–Trinajstić information content (AvgIpc) is 2.90. The van der Waals surface area contributed by atoms with E-state index in [9.17, 15) is 4.79 Å². The summed E-state index contributed by atoms with van der Waals surface area (Å²) >= 11 is 0. The Bertz CT molecular complexity index is 1330. The Hall–Kier alpha value is -3.93. The molecule has 184 valence electrons. The first kappa shape index (κ1) is 23.8. The standard InChI is InChI=1S/C30H33N5O/c1-35(2)28-26-14-8-9-15-27(26)33-30(34-28)32-24-18-16-23(17-19-24)31-29(36)25-13-7-6-12-22(25)20-21-10-4-3-5-11-21/h3-15,23-24H,16-20H2,1-2H3,(H,31,36)(H,32,33,34)/t23-,24+. The molecule has 0 atom stereocenters. The second kappa shape index (κ2) is 10.8. The van der Waals surface area contributed by atoms with Crippen LogP contribution in [0.15, 0.2) is 78.9 Å². The third kappa shape index (κ3) is 5.48. The Morgan fingerprint density at radius 1 is 0.833 bits per heavy atom. The number of hydrogen-bond acceptors (Lipinski definition) is 5. The summed E-state index contributed by atoms with van der Waals surface area (Å²) < 4.78 is 0. The van der Waals surface area contributed by atoms with Gasteiger partial charge in [0.25, 0.3) is 5.91 Å². The van der Waals surface area contributed by atoms with E-state index in [1.54, 1.807) is 0 Å². The van der Waals surface area contributed by atoms with Gasteiger partial charge in [0.2, 0.25) is 5.95 Å². The molecule has 2 N–H and O–H groups in total. The maximum Gasteiger partial charge on any atom is 0.251 e. The Morgan fingerprint density at radius 2 is 1.50 bits per heavy atom. The molecule has 1 aliphatic rings. The van der Waals surface area contributed by atoms with Gasteiger partial charge in [-0.3, -0.25) is 4.79 Å². The maximum absolute atomic E-state index is 13.2. The van der Waals surface area contributed by atoms with Crippen molar-refractivity contribution >= 4 is 28.6 Å². The molecule has 4 aromatic rings. The van der Waals surface area contributed by atoms with Crippen molar-refractivity contribution < 1.29 is 4.79 Å². The van der Waals surface area contributed by atoms with Crippen molar-refractivity contribution in [3.63, 3.8) is 0 Å². The summed E-state index contributed by atoms with van der Waals surface area (Å²) in [6.07, 6.45) is 4.53. The molecule has 0 unspecified atom stereocenters. The zero-order valence-electron chi connectivity index (χ0n) is 20.9. The van der Waals surface area contributed by atoms with Crippen LogP contribution in [-0.2, 0) is 6.42 Å². The number of anilines is 2. The fourth-order valence-electron chi connectivity index (χ4n) is 5.00. The van der Waals surface area contributed by atoms with Gasteiger partial charge in [-0.05, 0) is 61.4 Å². The third-order valence-corrected chi connectivity index (χ3v) is 6.90. The fourth-order valence-corrected chi connectivity index (χ4v) is 5.00. The van der Waals surface area contributed by atoms with E-state index in [2.05, 4.69) is 28.8 Å². The molecule has 0 bridgehead atoms. The van der Waals surface area contributed by atoms with Gasteiger partial charge >= 0.3 is 0 Å². The number of nitrogens with one attached hydrogen (secondary N) is 2. The van der Waals surface area contributed by atoms with E-state index in [1.165, 1.54) is 5.56 Å². The smallest absolute Gasteiger partial charge is 0.251 e. The zero-order chi connectivity index (χ0) is 24.9. The lowest BCUT2D eigenvalue weighted by Crippen LogP contribution is -2.40. The second-order valence-corrected chi connectivity index (χ2v) is 9.77. The summed E-state index contributed by atoms with van der Waals surface area (Å²) in [6, 6.07) is 26.8. The zero-order valence-corrected chi connectivity index (χ0v) is 20.9. The molecule has 0 aliphatic heterocycles. The van der Waals surface area contributed by atoms with Crippen LogP contribution >= 0.6 is 0 Å². The molecule has 0 saturated heterocycles. The number of para-hydroxylation sites is 1. The van der Waals surface area contributed by atoms with E-state index < -0.39 is 0 Å². The quantitative estimate of drug-likeness (QED) is 0.369. The van der Waals surface area contributed by atoms with Crippen LogP contribution in [0.2, 0.25) is 0 Å². The predicted octanol–water partition coefficient (Wildman–Crippen LogP) is 5.44. The van der Waals surface area contributed by atoms with E-state index in [-0.39, 0.29) is 11.9 Å². The first-order valence-corrected chi connectivity index (χ1v) is 12.7. The molecule has 1 heterocycles. The molecule has 0 radical (unpaired) electrons. The molecule has 5 rings (SSSR count). The molecule has 6 heteroatoms. The Balaban J connectivity index is 1.20. The van der Waals surface area contributed by atoms with Crippen molar-refractivity contribution in [2.45, 2.75) is 44.2 Å². The lowest BCUT2D eigenvalue weighted by Gasteiger charge is -2.30. The number of rotatable bonds is 7. The van der Waals surface area contributed by atoms with Crippen LogP contribution in [0.4, 0.5) is 11.8 Å². The summed E-state index contributed by atoms with van der Waals surface area (Å²) in [7, 11) is 4.01. The van der Waals surface area contributed by atoms with Gasteiger partial charge in [0.05, 0.1) is 5.52 Å². The molecule has 6 nitrogen and oxygen atoms in total. The molecule has 1 fully saturated rings. The predicted molar refractivity (Wildman–Crippen MR) is 147 cm³/mol. The first-order valence-electron chi connectivity index (χ1n) is 12.7. The molecule has 36 heavy (non-hydrogen) atoms. The lowest BCUT2D eigenvalue weighted by molar-refractivity contribution is 0.0925. The molecule has 1 amide bonds. The van der Waals surface area contributed by atoms with Gasteiger partial charge in [-0.15, -0.1) is 0 Å². The average molecular weight is 480 g/mol. The van der Waals surface area contributed by atoms with Crippen LogP contribution in [0.25, 0.3) is 10.9 Å². The van der Waals surface area contributed by atoms with Crippen LogP contribution in [0.3, 0.4) is 0 Å². The van der Waals surface area contributed by atoms with Gasteiger partial charge in [-0.1, -0.05) is 60.7 Å². The maximum atomic E-state index is 13.2. The number of hydrogen-bond donors (Lipinski definition) is 2. The summed E-state index contributed by atoms with van der Waals surface area (Å²) in [6.45, 7) is 0. The van der Waals surface area contributed by atoms with Crippen molar-refractivity contribution in [2.24, 2.45) is 0 Å². The van der Waals surface area contributed by atoms with E-state index in [4.69, 9.17) is 9.97 Å². The van der Waals surface area contributed by atoms with Gasteiger partial charge in [0, 0.05) is 37.1 Å². The summed E-state index contributed by atoms with van der Waals surface area (Å²) in [5.41, 5.74) is 3.97.